The Morgan fingerprint density at radius 2 is 2.06 bits per heavy atom. The van der Waals surface area contributed by atoms with Crippen LogP contribution in [0.15, 0.2) is 36.8 Å². The van der Waals surface area contributed by atoms with Gasteiger partial charge in [-0.05, 0) is 56.9 Å². The molecule has 1 aromatic carbocycles. The summed E-state index contributed by atoms with van der Waals surface area (Å²) >= 11 is 0. The van der Waals surface area contributed by atoms with Gasteiger partial charge in [0.2, 0.25) is 0 Å². The maximum atomic E-state index is 14.2. The fourth-order valence-electron chi connectivity index (χ4n) is 4.55. The first-order valence-electron chi connectivity index (χ1n) is 11.1. The second kappa shape index (κ2) is 7.40. The molecule has 6 rings (SSSR count). The molecule has 1 aliphatic heterocycles. The maximum Gasteiger partial charge on any atom is 0.166 e. The van der Waals surface area contributed by atoms with Crippen molar-refractivity contribution in [1.29, 1.82) is 0 Å². The predicted octanol–water partition coefficient (Wildman–Crippen LogP) is 4.15. The number of rotatable bonds is 2. The third-order valence-corrected chi connectivity index (χ3v) is 6.45. The van der Waals surface area contributed by atoms with Crippen molar-refractivity contribution in [1.82, 2.24) is 29.5 Å². The Labute approximate surface area is 190 Å². The number of nitrogens with zero attached hydrogens (tertiary/aromatic N) is 6. The number of fused-ring (bicyclic) bond motifs is 7. The molecule has 1 atom stereocenters. The van der Waals surface area contributed by atoms with Gasteiger partial charge in [0.05, 0.1) is 17.9 Å². The first kappa shape index (κ1) is 19.9. The molecular weight excluding hydrogens is 421 g/mol. The Bertz CT molecular complexity index is 1370. The second-order valence-corrected chi connectivity index (χ2v) is 8.88. The molecule has 1 fully saturated rings. The second-order valence-electron chi connectivity index (χ2n) is 8.88. The Kier molecular flexibility index (Phi) is 4.46. The van der Waals surface area contributed by atoms with E-state index in [2.05, 4.69) is 19.7 Å². The normalized spacial score (nSPS) is 17.2. The summed E-state index contributed by atoms with van der Waals surface area (Å²) in [6, 6.07) is 6.53. The summed E-state index contributed by atoms with van der Waals surface area (Å²) in [6.07, 6.45) is 5.24. The van der Waals surface area contributed by atoms with Gasteiger partial charge in [0.15, 0.2) is 17.4 Å². The number of anilines is 1. The molecular formula is C24H24FN7O. The van der Waals surface area contributed by atoms with Gasteiger partial charge in [-0.15, -0.1) is 0 Å². The lowest BCUT2D eigenvalue weighted by Gasteiger charge is -2.21. The van der Waals surface area contributed by atoms with E-state index in [0.29, 0.717) is 29.6 Å². The van der Waals surface area contributed by atoms with E-state index in [9.17, 15) is 4.39 Å². The number of benzene rings is 1. The lowest BCUT2D eigenvalue weighted by Crippen LogP contribution is -2.13. The molecule has 4 aromatic rings. The number of ether oxygens (including phenoxy) is 1. The molecule has 0 saturated heterocycles. The predicted molar refractivity (Wildman–Crippen MR) is 121 cm³/mol. The molecule has 168 valence electrons. The molecule has 0 amide bonds. The van der Waals surface area contributed by atoms with Gasteiger partial charge < -0.3 is 10.5 Å². The van der Waals surface area contributed by atoms with Crippen LogP contribution in [0, 0.1) is 18.7 Å². The van der Waals surface area contributed by atoms with Crippen molar-refractivity contribution in [3.05, 3.63) is 59.4 Å². The summed E-state index contributed by atoms with van der Waals surface area (Å²) in [4.78, 5) is 8.93. The molecule has 0 unspecified atom stereocenters. The first-order chi connectivity index (χ1) is 16.0. The van der Waals surface area contributed by atoms with Crippen molar-refractivity contribution in [2.45, 2.75) is 45.9 Å². The van der Waals surface area contributed by atoms with E-state index in [1.165, 1.54) is 31.3 Å². The van der Waals surface area contributed by atoms with Gasteiger partial charge in [-0.2, -0.15) is 10.2 Å². The molecule has 2 aliphatic rings. The van der Waals surface area contributed by atoms with Crippen LogP contribution >= 0.6 is 0 Å². The number of aromatic nitrogens is 6. The van der Waals surface area contributed by atoms with Crippen LogP contribution in [0.3, 0.4) is 0 Å². The first-order valence-corrected chi connectivity index (χ1v) is 11.1. The smallest absolute Gasteiger partial charge is 0.166 e. The monoisotopic (exact) mass is 445 g/mol. The Balaban J connectivity index is 1.61. The van der Waals surface area contributed by atoms with E-state index in [0.717, 1.165) is 34.6 Å². The van der Waals surface area contributed by atoms with Crippen LogP contribution in [0.5, 0.6) is 5.75 Å². The van der Waals surface area contributed by atoms with Crippen LogP contribution < -0.4 is 10.5 Å². The number of hydrogen-bond acceptors (Lipinski definition) is 6. The van der Waals surface area contributed by atoms with Gasteiger partial charge >= 0.3 is 0 Å². The standard InChI is InChI=1S/C24H24FN7O/c1-13-20-11-32-24(28-12-29-32)18-6-5-17(25)8-19(18)14(2)33-21-7-16(9-27-23(21)26)22(20)31(30-13)10-15-3-4-15/h5-9,12,14-15H,3-4,10-11H2,1-2H3,(H2,26,27)/t14-/m1/s1. The lowest BCUT2D eigenvalue weighted by molar-refractivity contribution is 0.227. The zero-order valence-electron chi connectivity index (χ0n) is 18.5. The minimum atomic E-state index is -0.489. The zero-order valence-corrected chi connectivity index (χ0v) is 18.5. The summed E-state index contributed by atoms with van der Waals surface area (Å²) in [6.45, 7) is 5.22. The van der Waals surface area contributed by atoms with E-state index >= 15 is 0 Å². The number of halogens is 1. The highest BCUT2D eigenvalue weighted by atomic mass is 19.1. The van der Waals surface area contributed by atoms with Crippen LogP contribution in [-0.4, -0.2) is 29.5 Å². The Morgan fingerprint density at radius 3 is 2.88 bits per heavy atom. The average molecular weight is 446 g/mol. The van der Waals surface area contributed by atoms with Crippen molar-refractivity contribution in [2.75, 3.05) is 5.73 Å². The van der Waals surface area contributed by atoms with Crippen LogP contribution in [0.1, 0.15) is 42.7 Å². The number of pyridine rings is 1. The molecule has 33 heavy (non-hydrogen) atoms. The summed E-state index contributed by atoms with van der Waals surface area (Å²) in [7, 11) is 0. The summed E-state index contributed by atoms with van der Waals surface area (Å²) < 4.78 is 24.4. The quantitative estimate of drug-likeness (QED) is 0.498. The highest BCUT2D eigenvalue weighted by Crippen LogP contribution is 2.38. The maximum absolute atomic E-state index is 14.2. The van der Waals surface area contributed by atoms with E-state index < -0.39 is 6.10 Å². The van der Waals surface area contributed by atoms with Gasteiger partial charge in [0, 0.05) is 35.0 Å². The molecule has 3 aromatic heterocycles. The largest absolute Gasteiger partial charge is 0.482 e. The molecule has 9 heteroatoms. The van der Waals surface area contributed by atoms with E-state index in [1.54, 1.807) is 12.3 Å². The van der Waals surface area contributed by atoms with E-state index in [1.807, 2.05) is 24.6 Å². The number of hydrogen-bond donors (Lipinski definition) is 1. The molecule has 2 N–H and O–H groups in total. The third-order valence-electron chi connectivity index (χ3n) is 6.45. The van der Waals surface area contributed by atoms with Gasteiger partial charge in [0.1, 0.15) is 18.2 Å². The van der Waals surface area contributed by atoms with Crippen LogP contribution in [0.2, 0.25) is 0 Å². The highest BCUT2D eigenvalue weighted by Gasteiger charge is 2.28. The van der Waals surface area contributed by atoms with Crippen molar-refractivity contribution >= 4 is 5.82 Å². The minimum absolute atomic E-state index is 0.287. The highest BCUT2D eigenvalue weighted by molar-refractivity contribution is 5.69. The van der Waals surface area contributed by atoms with Gasteiger partial charge in [0.25, 0.3) is 0 Å². The summed E-state index contributed by atoms with van der Waals surface area (Å²) in [5, 5.41) is 9.37. The van der Waals surface area contributed by atoms with Crippen LogP contribution in [-0.2, 0) is 13.1 Å². The Morgan fingerprint density at radius 1 is 1.21 bits per heavy atom. The molecule has 1 aliphatic carbocycles. The fourth-order valence-corrected chi connectivity index (χ4v) is 4.55. The molecule has 8 nitrogen and oxygen atoms in total. The number of aryl methyl sites for hydroxylation is 1. The van der Waals surface area contributed by atoms with E-state index in [4.69, 9.17) is 15.6 Å². The van der Waals surface area contributed by atoms with Crippen molar-refractivity contribution in [3.63, 3.8) is 0 Å². The fraction of sp³-hybridized carbons (Fsp3) is 0.333. The topological polar surface area (TPSA) is 96.7 Å². The lowest BCUT2D eigenvalue weighted by atomic mass is 10.0. The molecule has 2 bridgehead atoms. The van der Waals surface area contributed by atoms with Crippen molar-refractivity contribution in [3.8, 4) is 28.4 Å². The van der Waals surface area contributed by atoms with Gasteiger partial charge in [-0.1, -0.05) is 0 Å². The Hall–Kier alpha value is -3.75. The summed E-state index contributed by atoms with van der Waals surface area (Å²) in [5.74, 6) is 1.70. The van der Waals surface area contributed by atoms with Crippen LogP contribution in [0.25, 0.3) is 22.6 Å². The van der Waals surface area contributed by atoms with Gasteiger partial charge in [-0.3, -0.25) is 4.68 Å². The van der Waals surface area contributed by atoms with Crippen LogP contribution in [0.4, 0.5) is 10.2 Å². The summed E-state index contributed by atoms with van der Waals surface area (Å²) in [5.41, 5.74) is 11.4. The van der Waals surface area contributed by atoms with Crippen molar-refractivity contribution < 1.29 is 9.13 Å². The van der Waals surface area contributed by atoms with Crippen molar-refractivity contribution in [2.24, 2.45) is 5.92 Å². The molecule has 1 saturated carbocycles. The third kappa shape index (κ3) is 3.44. The molecule has 4 heterocycles. The zero-order chi connectivity index (χ0) is 22.7. The minimum Gasteiger partial charge on any atom is -0.482 e. The number of nitrogens with two attached hydrogens (primary N) is 1. The molecule has 0 radical (unpaired) electrons. The van der Waals surface area contributed by atoms with Gasteiger partial charge in [-0.25, -0.2) is 19.0 Å². The SMILES string of the molecule is Cc1nn(CC2CC2)c2c1Cn1ncnc1-c1ccc(F)cc1[C@@H](C)Oc1cc-2cnc1N. The number of nitrogen functional groups attached to an aromatic ring is 1. The average Bonchev–Trinajstić information content (AvgIpc) is 3.40. The molecule has 0 spiro atoms. The van der Waals surface area contributed by atoms with E-state index in [-0.39, 0.29) is 11.6 Å².